The van der Waals surface area contributed by atoms with E-state index in [4.69, 9.17) is 5.73 Å². The van der Waals surface area contributed by atoms with Crippen molar-refractivity contribution < 1.29 is 14.3 Å². The first-order valence-electron chi connectivity index (χ1n) is 5.17. The fourth-order valence-corrected chi connectivity index (χ4v) is 1.99. The number of methoxy groups -OCH3 is 1. The van der Waals surface area contributed by atoms with Crippen LogP contribution in [0.25, 0.3) is 0 Å². The zero-order valence-corrected chi connectivity index (χ0v) is 9.23. The molecule has 5 nitrogen and oxygen atoms in total. The number of ether oxygens (including phenoxy) is 1. The first kappa shape index (κ1) is 12.0. The Morgan fingerprint density at radius 1 is 1.60 bits per heavy atom. The highest BCUT2D eigenvalue weighted by Crippen LogP contribution is 2.18. The summed E-state index contributed by atoms with van der Waals surface area (Å²) in [6.45, 7) is 3.16. The summed E-state index contributed by atoms with van der Waals surface area (Å²) in [7, 11) is 1.37. The summed E-state index contributed by atoms with van der Waals surface area (Å²) >= 11 is 0. The van der Waals surface area contributed by atoms with Crippen molar-refractivity contribution in [2.75, 3.05) is 20.2 Å². The molecular formula is C10H18N2O3. The van der Waals surface area contributed by atoms with E-state index in [0.717, 1.165) is 19.4 Å². The second-order valence-corrected chi connectivity index (χ2v) is 3.98. The lowest BCUT2D eigenvalue weighted by Crippen LogP contribution is -2.43. The van der Waals surface area contributed by atoms with Gasteiger partial charge in [0.05, 0.1) is 19.1 Å². The van der Waals surface area contributed by atoms with Crippen LogP contribution in [0, 0.1) is 5.92 Å². The molecule has 0 radical (unpaired) electrons. The number of carbonyl (C=O) groups is 2. The van der Waals surface area contributed by atoms with Crippen molar-refractivity contribution in [2.45, 2.75) is 25.8 Å². The van der Waals surface area contributed by atoms with Gasteiger partial charge < -0.3 is 10.5 Å². The maximum atomic E-state index is 11.2. The van der Waals surface area contributed by atoms with Crippen LogP contribution in [0.1, 0.15) is 19.8 Å². The number of amides is 1. The number of carbonyl (C=O) groups excluding carboxylic acids is 2. The van der Waals surface area contributed by atoms with E-state index in [1.807, 2.05) is 4.90 Å². The molecule has 0 bridgehead atoms. The third-order valence-electron chi connectivity index (χ3n) is 2.80. The molecule has 86 valence electrons. The maximum Gasteiger partial charge on any atom is 0.309 e. The summed E-state index contributed by atoms with van der Waals surface area (Å²) in [5.41, 5.74) is 5.28. The Morgan fingerprint density at radius 3 is 2.80 bits per heavy atom. The van der Waals surface area contributed by atoms with Crippen LogP contribution >= 0.6 is 0 Å². The largest absolute Gasteiger partial charge is 0.469 e. The SMILES string of the molecule is COC(=O)C(C)CN1CCCC1C(N)=O. The second kappa shape index (κ2) is 5.11. The molecule has 1 aliphatic heterocycles. The number of rotatable bonds is 4. The summed E-state index contributed by atoms with van der Waals surface area (Å²) in [4.78, 5) is 24.3. The minimum absolute atomic E-state index is 0.211. The van der Waals surface area contributed by atoms with Crippen LogP contribution < -0.4 is 5.73 Å². The quantitative estimate of drug-likeness (QED) is 0.655. The van der Waals surface area contributed by atoms with Gasteiger partial charge >= 0.3 is 5.97 Å². The van der Waals surface area contributed by atoms with Gasteiger partial charge in [-0.2, -0.15) is 0 Å². The van der Waals surface area contributed by atoms with Crippen molar-refractivity contribution in [1.82, 2.24) is 4.90 Å². The summed E-state index contributed by atoms with van der Waals surface area (Å²) in [5.74, 6) is -0.760. The second-order valence-electron chi connectivity index (χ2n) is 3.98. The summed E-state index contributed by atoms with van der Waals surface area (Å²) in [5, 5.41) is 0. The van der Waals surface area contributed by atoms with Gasteiger partial charge in [-0.25, -0.2) is 0 Å². The molecule has 1 amide bonds. The number of likely N-dealkylation sites (tertiary alicyclic amines) is 1. The van der Waals surface area contributed by atoms with Crippen LogP contribution in [0.5, 0.6) is 0 Å². The molecule has 0 spiro atoms. The Balaban J connectivity index is 2.50. The molecular weight excluding hydrogens is 196 g/mol. The highest BCUT2D eigenvalue weighted by atomic mass is 16.5. The van der Waals surface area contributed by atoms with E-state index in [0.29, 0.717) is 6.54 Å². The summed E-state index contributed by atoms with van der Waals surface area (Å²) in [6, 6.07) is -0.211. The van der Waals surface area contributed by atoms with Gasteiger partial charge in [0.15, 0.2) is 0 Å². The third kappa shape index (κ3) is 2.92. The number of hydrogen-bond acceptors (Lipinski definition) is 4. The fourth-order valence-electron chi connectivity index (χ4n) is 1.99. The van der Waals surface area contributed by atoms with Gasteiger partial charge in [-0.3, -0.25) is 14.5 Å². The first-order valence-corrected chi connectivity index (χ1v) is 5.17. The van der Waals surface area contributed by atoms with Gasteiger partial charge in [-0.1, -0.05) is 6.92 Å². The number of hydrogen-bond donors (Lipinski definition) is 1. The smallest absolute Gasteiger partial charge is 0.309 e. The highest BCUT2D eigenvalue weighted by Gasteiger charge is 2.31. The summed E-state index contributed by atoms with van der Waals surface area (Å²) in [6.07, 6.45) is 1.75. The Hall–Kier alpha value is -1.10. The Labute approximate surface area is 89.6 Å². The minimum Gasteiger partial charge on any atom is -0.469 e. The van der Waals surface area contributed by atoms with Crippen molar-refractivity contribution in [1.29, 1.82) is 0 Å². The van der Waals surface area contributed by atoms with Crippen LogP contribution in [0.15, 0.2) is 0 Å². The van der Waals surface area contributed by atoms with E-state index in [2.05, 4.69) is 4.74 Å². The van der Waals surface area contributed by atoms with Crippen molar-refractivity contribution in [2.24, 2.45) is 11.7 Å². The van der Waals surface area contributed by atoms with Crippen molar-refractivity contribution in [3.8, 4) is 0 Å². The van der Waals surface area contributed by atoms with E-state index in [1.165, 1.54) is 7.11 Å². The number of primary amides is 1. The van der Waals surface area contributed by atoms with E-state index in [9.17, 15) is 9.59 Å². The Bertz CT molecular complexity index is 255. The standard InChI is InChI=1S/C10H18N2O3/c1-7(10(14)15-2)6-12-5-3-4-8(12)9(11)13/h7-8H,3-6H2,1-2H3,(H2,11,13). The molecule has 0 aromatic rings. The van der Waals surface area contributed by atoms with Gasteiger partial charge in [0.25, 0.3) is 0 Å². The zero-order valence-electron chi connectivity index (χ0n) is 9.23. The van der Waals surface area contributed by atoms with Gasteiger partial charge in [-0.15, -0.1) is 0 Å². The molecule has 5 heteroatoms. The lowest BCUT2D eigenvalue weighted by atomic mass is 10.1. The average Bonchev–Trinajstić information content (AvgIpc) is 2.64. The predicted molar refractivity (Wildman–Crippen MR) is 55.0 cm³/mol. The normalized spacial score (nSPS) is 23.7. The molecule has 0 saturated carbocycles. The third-order valence-corrected chi connectivity index (χ3v) is 2.80. The van der Waals surface area contributed by atoms with Gasteiger partial charge in [0, 0.05) is 6.54 Å². The molecule has 0 aromatic heterocycles. The Morgan fingerprint density at radius 2 is 2.27 bits per heavy atom. The molecule has 15 heavy (non-hydrogen) atoms. The maximum absolute atomic E-state index is 11.2. The van der Waals surface area contributed by atoms with Gasteiger partial charge in [0.1, 0.15) is 0 Å². The van der Waals surface area contributed by atoms with E-state index in [-0.39, 0.29) is 23.8 Å². The van der Waals surface area contributed by atoms with Crippen molar-refractivity contribution >= 4 is 11.9 Å². The van der Waals surface area contributed by atoms with Crippen LogP contribution in [0.2, 0.25) is 0 Å². The van der Waals surface area contributed by atoms with Crippen LogP contribution in [0.4, 0.5) is 0 Å². The highest BCUT2D eigenvalue weighted by molar-refractivity contribution is 5.80. The monoisotopic (exact) mass is 214 g/mol. The van der Waals surface area contributed by atoms with E-state index >= 15 is 0 Å². The molecule has 1 fully saturated rings. The number of esters is 1. The lowest BCUT2D eigenvalue weighted by Gasteiger charge is -2.24. The number of nitrogens with two attached hydrogens (primary N) is 1. The van der Waals surface area contributed by atoms with Gasteiger partial charge in [-0.05, 0) is 19.4 Å². The topological polar surface area (TPSA) is 72.6 Å². The molecule has 1 saturated heterocycles. The molecule has 2 N–H and O–H groups in total. The molecule has 1 rings (SSSR count). The molecule has 2 atom stereocenters. The minimum atomic E-state index is -0.301. The first-order chi connectivity index (χ1) is 7.06. The van der Waals surface area contributed by atoms with Gasteiger partial charge in [0.2, 0.25) is 5.91 Å². The van der Waals surface area contributed by atoms with Crippen LogP contribution in [0.3, 0.4) is 0 Å². The molecule has 2 unspecified atom stereocenters. The van der Waals surface area contributed by atoms with Crippen LogP contribution in [-0.2, 0) is 14.3 Å². The summed E-state index contributed by atoms with van der Waals surface area (Å²) < 4.78 is 4.64. The average molecular weight is 214 g/mol. The van der Waals surface area contributed by atoms with Crippen LogP contribution in [-0.4, -0.2) is 43.0 Å². The molecule has 1 heterocycles. The van der Waals surface area contributed by atoms with Crippen molar-refractivity contribution in [3.05, 3.63) is 0 Å². The van der Waals surface area contributed by atoms with E-state index in [1.54, 1.807) is 6.92 Å². The van der Waals surface area contributed by atoms with E-state index < -0.39 is 0 Å². The fraction of sp³-hybridized carbons (Fsp3) is 0.800. The lowest BCUT2D eigenvalue weighted by molar-refractivity contribution is -0.146. The molecule has 0 aromatic carbocycles. The van der Waals surface area contributed by atoms with Crippen molar-refractivity contribution in [3.63, 3.8) is 0 Å². The molecule has 0 aliphatic carbocycles. The number of nitrogens with zero attached hydrogens (tertiary/aromatic N) is 1. The predicted octanol–water partition coefficient (Wildman–Crippen LogP) is -0.255. The zero-order chi connectivity index (χ0) is 11.4. The Kier molecular flexibility index (Phi) is 4.08. The molecule has 1 aliphatic rings.